The molecule has 3 aromatic rings. The van der Waals surface area contributed by atoms with Gasteiger partial charge in [0, 0.05) is 49.9 Å². The predicted molar refractivity (Wildman–Crippen MR) is 140 cm³/mol. The standard InChI is InChI=1S/C29H34N6O2/c36-28(34-12-10-23(11-13-34)33-14-16-37-17-15-33)25-19-31-35(27(25)21-8-9-21)29-30-18-22-6-3-5-20-4-1-2-7-24(20)26(22)32-29/h1-2,4,7,18-19,21,23H,3,5-6,8-17H2. The summed E-state index contributed by atoms with van der Waals surface area (Å²) in [6, 6.07) is 9.10. The number of morpholine rings is 1. The molecule has 37 heavy (non-hydrogen) atoms. The van der Waals surface area contributed by atoms with Crippen molar-refractivity contribution in [2.75, 3.05) is 39.4 Å². The zero-order valence-electron chi connectivity index (χ0n) is 21.3. The van der Waals surface area contributed by atoms with Crippen LogP contribution in [0.2, 0.25) is 0 Å². The Morgan fingerprint density at radius 2 is 1.70 bits per heavy atom. The van der Waals surface area contributed by atoms with Crippen molar-refractivity contribution in [2.45, 2.75) is 56.9 Å². The van der Waals surface area contributed by atoms with Crippen LogP contribution in [0.4, 0.5) is 0 Å². The van der Waals surface area contributed by atoms with E-state index in [1.54, 1.807) is 6.20 Å². The van der Waals surface area contributed by atoms with Crippen molar-refractivity contribution in [3.63, 3.8) is 0 Å². The molecule has 8 nitrogen and oxygen atoms in total. The number of piperidine rings is 1. The normalized spacial score (nSPS) is 20.8. The number of carbonyl (C=O) groups excluding carboxylic acids is 1. The smallest absolute Gasteiger partial charge is 0.257 e. The van der Waals surface area contributed by atoms with E-state index in [0.29, 0.717) is 17.9 Å². The number of likely N-dealkylation sites (tertiary alicyclic amines) is 1. The Balaban J connectivity index is 1.16. The summed E-state index contributed by atoms with van der Waals surface area (Å²) in [4.78, 5) is 28.1. The Bertz CT molecular complexity index is 1300. The van der Waals surface area contributed by atoms with Crippen molar-refractivity contribution in [3.05, 3.63) is 59.0 Å². The number of aryl methyl sites for hydroxylation is 2. The highest BCUT2D eigenvalue weighted by atomic mass is 16.5. The van der Waals surface area contributed by atoms with Gasteiger partial charge in [-0.3, -0.25) is 9.69 Å². The van der Waals surface area contributed by atoms with E-state index < -0.39 is 0 Å². The Labute approximate surface area is 217 Å². The Morgan fingerprint density at radius 3 is 2.51 bits per heavy atom. The van der Waals surface area contributed by atoms with Crippen LogP contribution in [0.1, 0.15) is 65.2 Å². The first-order chi connectivity index (χ1) is 18.3. The summed E-state index contributed by atoms with van der Waals surface area (Å²) in [6.45, 7) is 5.23. The van der Waals surface area contributed by atoms with Gasteiger partial charge in [-0.25, -0.2) is 14.6 Å². The van der Waals surface area contributed by atoms with Gasteiger partial charge in [-0.2, -0.15) is 5.10 Å². The summed E-state index contributed by atoms with van der Waals surface area (Å²) in [5.41, 5.74) is 6.44. The number of aromatic nitrogens is 4. The molecule has 2 aliphatic carbocycles. The maximum Gasteiger partial charge on any atom is 0.257 e. The maximum absolute atomic E-state index is 13.7. The first kappa shape index (κ1) is 23.0. The average molecular weight is 499 g/mol. The number of hydrogen-bond acceptors (Lipinski definition) is 6. The summed E-state index contributed by atoms with van der Waals surface area (Å²) >= 11 is 0. The molecule has 0 spiro atoms. The molecule has 1 saturated carbocycles. The van der Waals surface area contributed by atoms with E-state index in [1.807, 2.05) is 15.8 Å². The summed E-state index contributed by atoms with van der Waals surface area (Å²) in [6.07, 6.45) is 11.1. The predicted octanol–water partition coefficient (Wildman–Crippen LogP) is 3.63. The third kappa shape index (κ3) is 4.36. The fraction of sp³-hybridized carbons (Fsp3) is 0.517. The summed E-state index contributed by atoms with van der Waals surface area (Å²) in [7, 11) is 0. The van der Waals surface area contributed by atoms with Gasteiger partial charge in [0.05, 0.1) is 36.4 Å². The van der Waals surface area contributed by atoms with E-state index >= 15 is 0 Å². The van der Waals surface area contributed by atoms with Crippen LogP contribution in [0.15, 0.2) is 36.7 Å². The second-order valence-corrected chi connectivity index (χ2v) is 10.9. The lowest BCUT2D eigenvalue weighted by Crippen LogP contribution is -2.50. The van der Waals surface area contributed by atoms with E-state index in [-0.39, 0.29) is 5.91 Å². The van der Waals surface area contributed by atoms with Gasteiger partial charge in [-0.15, -0.1) is 0 Å². The van der Waals surface area contributed by atoms with Crippen LogP contribution >= 0.6 is 0 Å². The van der Waals surface area contributed by atoms with Crippen LogP contribution in [0.25, 0.3) is 17.2 Å². The van der Waals surface area contributed by atoms with Gasteiger partial charge in [0.15, 0.2) is 0 Å². The minimum atomic E-state index is 0.105. The monoisotopic (exact) mass is 498 g/mol. The topological polar surface area (TPSA) is 76.4 Å². The van der Waals surface area contributed by atoms with Crippen molar-refractivity contribution >= 4 is 5.91 Å². The van der Waals surface area contributed by atoms with Crippen LogP contribution < -0.4 is 0 Å². The molecule has 1 aromatic carbocycles. The zero-order valence-corrected chi connectivity index (χ0v) is 21.3. The molecule has 2 saturated heterocycles. The van der Waals surface area contributed by atoms with Gasteiger partial charge in [-0.1, -0.05) is 24.3 Å². The highest BCUT2D eigenvalue weighted by Crippen LogP contribution is 2.43. The summed E-state index contributed by atoms with van der Waals surface area (Å²) < 4.78 is 7.36. The van der Waals surface area contributed by atoms with Gasteiger partial charge in [0.2, 0.25) is 0 Å². The highest BCUT2D eigenvalue weighted by molar-refractivity contribution is 5.95. The first-order valence-corrected chi connectivity index (χ1v) is 13.9. The molecule has 1 amide bonds. The number of nitrogens with zero attached hydrogens (tertiary/aromatic N) is 6. The number of rotatable bonds is 4. The van der Waals surface area contributed by atoms with Crippen LogP contribution in [0, 0.1) is 0 Å². The van der Waals surface area contributed by atoms with Crippen LogP contribution in [0.5, 0.6) is 0 Å². The highest BCUT2D eigenvalue weighted by Gasteiger charge is 2.36. The van der Waals surface area contributed by atoms with Crippen molar-refractivity contribution in [3.8, 4) is 17.2 Å². The molecular formula is C29H34N6O2. The SMILES string of the molecule is O=C(c1cnn(-c2ncc3c(n2)-c2ccccc2CCC3)c1C1CC1)N1CCC(N2CCOCC2)CC1. The van der Waals surface area contributed by atoms with Crippen molar-refractivity contribution in [1.29, 1.82) is 0 Å². The van der Waals surface area contributed by atoms with Crippen molar-refractivity contribution in [2.24, 2.45) is 0 Å². The molecule has 0 N–H and O–H groups in total. The lowest BCUT2D eigenvalue weighted by molar-refractivity contribution is 0.00157. The molecule has 0 radical (unpaired) electrons. The molecule has 0 bridgehead atoms. The maximum atomic E-state index is 13.7. The number of amides is 1. The number of ether oxygens (including phenoxy) is 1. The van der Waals surface area contributed by atoms with Crippen LogP contribution in [0.3, 0.4) is 0 Å². The van der Waals surface area contributed by atoms with Crippen LogP contribution in [-0.4, -0.2) is 80.9 Å². The lowest BCUT2D eigenvalue weighted by atomic mass is 10.0. The van der Waals surface area contributed by atoms with Gasteiger partial charge < -0.3 is 9.64 Å². The minimum absolute atomic E-state index is 0.105. The number of carbonyl (C=O) groups is 1. The van der Waals surface area contributed by atoms with Gasteiger partial charge in [-0.05, 0) is 56.1 Å². The summed E-state index contributed by atoms with van der Waals surface area (Å²) in [5, 5.41) is 4.70. The molecule has 8 heteroatoms. The molecular weight excluding hydrogens is 464 g/mol. The van der Waals surface area contributed by atoms with E-state index in [4.69, 9.17) is 19.8 Å². The van der Waals surface area contributed by atoms with Gasteiger partial charge in [0.25, 0.3) is 11.9 Å². The molecule has 7 rings (SSSR count). The van der Waals surface area contributed by atoms with E-state index in [1.165, 1.54) is 16.7 Å². The van der Waals surface area contributed by atoms with Gasteiger partial charge >= 0.3 is 0 Å². The van der Waals surface area contributed by atoms with Gasteiger partial charge in [0.1, 0.15) is 0 Å². The second kappa shape index (κ2) is 9.65. The van der Waals surface area contributed by atoms with E-state index in [9.17, 15) is 4.79 Å². The molecule has 4 aliphatic rings. The molecule has 2 aromatic heterocycles. The Hall–Kier alpha value is -3.10. The first-order valence-electron chi connectivity index (χ1n) is 13.9. The summed E-state index contributed by atoms with van der Waals surface area (Å²) in [5.74, 6) is 1.03. The second-order valence-electron chi connectivity index (χ2n) is 10.9. The number of fused-ring (bicyclic) bond motifs is 3. The van der Waals surface area contributed by atoms with Crippen molar-refractivity contribution < 1.29 is 9.53 Å². The Morgan fingerprint density at radius 1 is 0.919 bits per heavy atom. The third-order valence-corrected chi connectivity index (χ3v) is 8.52. The molecule has 192 valence electrons. The average Bonchev–Trinajstić information content (AvgIpc) is 3.74. The minimum Gasteiger partial charge on any atom is -0.379 e. The largest absolute Gasteiger partial charge is 0.379 e. The quantitative estimate of drug-likeness (QED) is 0.547. The van der Waals surface area contributed by atoms with E-state index in [0.717, 1.165) is 101 Å². The Kier molecular flexibility index (Phi) is 6.01. The lowest BCUT2D eigenvalue weighted by Gasteiger charge is -2.40. The molecule has 2 aliphatic heterocycles. The molecule has 0 unspecified atom stereocenters. The van der Waals surface area contributed by atoms with Crippen molar-refractivity contribution in [1.82, 2.24) is 29.5 Å². The fourth-order valence-corrected chi connectivity index (χ4v) is 6.33. The molecule has 3 fully saturated rings. The fourth-order valence-electron chi connectivity index (χ4n) is 6.33. The zero-order chi connectivity index (χ0) is 24.8. The van der Waals surface area contributed by atoms with E-state index in [2.05, 4.69) is 29.2 Å². The van der Waals surface area contributed by atoms with Crippen LogP contribution in [-0.2, 0) is 17.6 Å². The molecule has 4 heterocycles. The number of hydrogen-bond donors (Lipinski definition) is 0. The third-order valence-electron chi connectivity index (χ3n) is 8.52. The molecule has 0 atom stereocenters. The number of benzene rings is 1.